The Labute approximate surface area is 147 Å². The Morgan fingerprint density at radius 1 is 1.20 bits per heavy atom. The van der Waals surface area contributed by atoms with E-state index in [1.165, 1.54) is 13.2 Å². The maximum Gasteiger partial charge on any atom is 0.194 e. The molecule has 0 unspecified atom stereocenters. The van der Waals surface area contributed by atoms with Gasteiger partial charge < -0.3 is 20.1 Å². The number of hydrogen-bond donors (Lipinski definition) is 2. The maximum absolute atomic E-state index is 13.8. The van der Waals surface area contributed by atoms with Crippen LogP contribution in [0.25, 0.3) is 0 Å². The van der Waals surface area contributed by atoms with Crippen molar-refractivity contribution in [1.82, 2.24) is 10.2 Å². The van der Waals surface area contributed by atoms with Crippen LogP contribution in [-0.4, -0.2) is 36.7 Å². The van der Waals surface area contributed by atoms with Crippen LogP contribution in [0.1, 0.15) is 18.1 Å². The Kier molecular flexibility index (Phi) is 6.62. The van der Waals surface area contributed by atoms with Crippen molar-refractivity contribution in [3.63, 3.8) is 0 Å². The minimum absolute atomic E-state index is 0.235. The second-order valence-corrected chi connectivity index (χ2v) is 5.66. The number of phenolic OH excluding ortho intramolecular Hbond substituents is 1. The molecule has 2 rings (SSSR count). The lowest BCUT2D eigenvalue weighted by Crippen LogP contribution is -2.38. The van der Waals surface area contributed by atoms with Crippen LogP contribution >= 0.6 is 0 Å². The summed E-state index contributed by atoms with van der Waals surface area (Å²) >= 11 is 0. The zero-order valence-electron chi connectivity index (χ0n) is 14.8. The van der Waals surface area contributed by atoms with Crippen LogP contribution in [0.4, 0.5) is 4.39 Å². The van der Waals surface area contributed by atoms with Crippen LogP contribution in [0.5, 0.6) is 11.5 Å². The van der Waals surface area contributed by atoms with Gasteiger partial charge in [0.15, 0.2) is 17.5 Å². The van der Waals surface area contributed by atoms with Crippen molar-refractivity contribution >= 4 is 5.96 Å². The average molecular weight is 345 g/mol. The smallest absolute Gasteiger partial charge is 0.194 e. The highest BCUT2D eigenvalue weighted by atomic mass is 19.1. The van der Waals surface area contributed by atoms with Crippen LogP contribution in [0, 0.1) is 5.82 Å². The van der Waals surface area contributed by atoms with Crippen molar-refractivity contribution in [3.05, 3.63) is 59.4 Å². The lowest BCUT2D eigenvalue weighted by molar-refractivity contribution is 0.385. The lowest BCUT2D eigenvalue weighted by atomic mass is 10.2. The van der Waals surface area contributed by atoms with Gasteiger partial charge in [-0.15, -0.1) is 0 Å². The third-order valence-corrected chi connectivity index (χ3v) is 3.68. The molecule has 134 valence electrons. The minimum Gasteiger partial charge on any atom is -0.508 e. The molecule has 2 aromatic rings. The second-order valence-electron chi connectivity index (χ2n) is 5.66. The van der Waals surface area contributed by atoms with E-state index < -0.39 is 0 Å². The molecular formula is C19H24FN3O2. The van der Waals surface area contributed by atoms with Crippen LogP contribution in [0.3, 0.4) is 0 Å². The molecule has 0 saturated heterocycles. The van der Waals surface area contributed by atoms with Gasteiger partial charge in [-0.05, 0) is 42.3 Å². The predicted molar refractivity (Wildman–Crippen MR) is 97.3 cm³/mol. The van der Waals surface area contributed by atoms with Crippen molar-refractivity contribution in [2.45, 2.75) is 20.0 Å². The monoisotopic (exact) mass is 345 g/mol. The Balaban J connectivity index is 2.08. The first-order valence-corrected chi connectivity index (χ1v) is 8.13. The molecule has 6 heteroatoms. The number of benzene rings is 2. The summed E-state index contributed by atoms with van der Waals surface area (Å²) in [6.07, 6.45) is 0. The fourth-order valence-electron chi connectivity index (χ4n) is 2.39. The minimum atomic E-state index is -0.376. The van der Waals surface area contributed by atoms with Gasteiger partial charge in [-0.25, -0.2) is 9.38 Å². The topological polar surface area (TPSA) is 57.1 Å². The number of methoxy groups -OCH3 is 1. The molecule has 0 amide bonds. The summed E-state index contributed by atoms with van der Waals surface area (Å²) in [6, 6.07) is 11.9. The molecule has 0 atom stereocenters. The van der Waals surface area contributed by atoms with Gasteiger partial charge in [0.2, 0.25) is 0 Å². The summed E-state index contributed by atoms with van der Waals surface area (Å²) in [4.78, 5) is 6.53. The van der Waals surface area contributed by atoms with Crippen LogP contribution in [0.15, 0.2) is 47.5 Å². The molecule has 0 aromatic heterocycles. The van der Waals surface area contributed by atoms with Gasteiger partial charge in [0.1, 0.15) is 5.75 Å². The highest BCUT2D eigenvalue weighted by Gasteiger charge is 2.09. The van der Waals surface area contributed by atoms with Gasteiger partial charge in [0, 0.05) is 20.1 Å². The lowest BCUT2D eigenvalue weighted by Gasteiger charge is -2.22. The molecule has 0 heterocycles. The first kappa shape index (κ1) is 18.6. The van der Waals surface area contributed by atoms with Crippen molar-refractivity contribution < 1.29 is 14.2 Å². The van der Waals surface area contributed by atoms with E-state index in [4.69, 9.17) is 4.74 Å². The van der Waals surface area contributed by atoms with E-state index in [9.17, 15) is 9.50 Å². The first-order valence-electron chi connectivity index (χ1n) is 8.13. The molecule has 2 N–H and O–H groups in total. The maximum atomic E-state index is 13.8. The van der Waals surface area contributed by atoms with Gasteiger partial charge in [-0.2, -0.15) is 0 Å². The summed E-state index contributed by atoms with van der Waals surface area (Å²) in [5.41, 5.74) is 1.83. The average Bonchev–Trinajstić information content (AvgIpc) is 2.60. The number of ether oxygens (including phenoxy) is 1. The van der Waals surface area contributed by atoms with Crippen molar-refractivity contribution in [3.8, 4) is 11.5 Å². The molecule has 0 spiro atoms. The van der Waals surface area contributed by atoms with E-state index in [0.717, 1.165) is 23.6 Å². The SMILES string of the molecule is CCNC(=NCc1ccc(O)cc1)N(C)Cc1ccc(OC)c(F)c1. The van der Waals surface area contributed by atoms with Crippen LogP contribution < -0.4 is 10.1 Å². The molecule has 25 heavy (non-hydrogen) atoms. The van der Waals surface area contributed by atoms with E-state index in [2.05, 4.69) is 10.3 Å². The van der Waals surface area contributed by atoms with Crippen molar-refractivity contribution in [2.75, 3.05) is 20.7 Å². The third kappa shape index (κ3) is 5.38. The number of nitrogens with one attached hydrogen (secondary N) is 1. The zero-order chi connectivity index (χ0) is 18.2. The van der Waals surface area contributed by atoms with Gasteiger partial charge in [-0.3, -0.25) is 0 Å². The molecular weight excluding hydrogens is 321 g/mol. The largest absolute Gasteiger partial charge is 0.508 e. The number of nitrogens with zero attached hydrogens (tertiary/aromatic N) is 2. The van der Waals surface area contributed by atoms with Crippen molar-refractivity contribution in [1.29, 1.82) is 0 Å². The number of guanidine groups is 1. The van der Waals surface area contributed by atoms with Crippen molar-refractivity contribution in [2.24, 2.45) is 4.99 Å². The molecule has 0 saturated carbocycles. The number of aromatic hydroxyl groups is 1. The third-order valence-electron chi connectivity index (χ3n) is 3.68. The van der Waals surface area contributed by atoms with Gasteiger partial charge in [0.05, 0.1) is 13.7 Å². The Morgan fingerprint density at radius 2 is 1.88 bits per heavy atom. The standard InChI is InChI=1S/C19H24FN3O2/c1-4-21-19(22-12-14-5-8-16(24)9-6-14)23(2)13-15-7-10-18(25-3)17(20)11-15/h5-11,24H,4,12-13H2,1-3H3,(H,21,22). The molecule has 0 bridgehead atoms. The number of halogens is 1. The fraction of sp³-hybridized carbons (Fsp3) is 0.316. The normalized spacial score (nSPS) is 11.3. The fourth-order valence-corrected chi connectivity index (χ4v) is 2.39. The van der Waals surface area contributed by atoms with Crippen LogP contribution in [-0.2, 0) is 13.1 Å². The number of aliphatic imine (C=N–C) groups is 1. The Morgan fingerprint density at radius 3 is 2.48 bits per heavy atom. The second kappa shape index (κ2) is 8.92. The van der Waals surface area contributed by atoms with E-state index in [1.54, 1.807) is 18.2 Å². The molecule has 0 fully saturated rings. The van der Waals surface area contributed by atoms with E-state index >= 15 is 0 Å². The van der Waals surface area contributed by atoms with E-state index in [0.29, 0.717) is 13.1 Å². The molecule has 0 radical (unpaired) electrons. The molecule has 5 nitrogen and oxygen atoms in total. The van der Waals surface area contributed by atoms with Crippen LogP contribution in [0.2, 0.25) is 0 Å². The first-order chi connectivity index (χ1) is 12.0. The molecule has 2 aromatic carbocycles. The Bertz CT molecular complexity index is 717. The van der Waals surface area contributed by atoms with Gasteiger partial charge in [0.25, 0.3) is 0 Å². The molecule has 0 aliphatic rings. The number of rotatable bonds is 6. The van der Waals surface area contributed by atoms with E-state index in [-0.39, 0.29) is 17.3 Å². The summed E-state index contributed by atoms with van der Waals surface area (Å²) in [6.45, 7) is 3.74. The van der Waals surface area contributed by atoms with E-state index in [1.807, 2.05) is 37.1 Å². The highest BCUT2D eigenvalue weighted by molar-refractivity contribution is 5.79. The quantitative estimate of drug-likeness (QED) is 0.624. The summed E-state index contributed by atoms with van der Waals surface area (Å²) in [5, 5.41) is 12.6. The number of phenols is 1. The zero-order valence-corrected chi connectivity index (χ0v) is 14.8. The summed E-state index contributed by atoms with van der Waals surface area (Å²) < 4.78 is 18.8. The highest BCUT2D eigenvalue weighted by Crippen LogP contribution is 2.18. The predicted octanol–water partition coefficient (Wildman–Crippen LogP) is 3.14. The summed E-state index contributed by atoms with van der Waals surface area (Å²) in [5.74, 6) is 0.823. The molecule has 0 aliphatic carbocycles. The summed E-state index contributed by atoms with van der Waals surface area (Å²) in [7, 11) is 3.35. The number of hydrogen-bond acceptors (Lipinski definition) is 3. The van der Waals surface area contributed by atoms with Gasteiger partial charge in [-0.1, -0.05) is 18.2 Å². The molecule has 0 aliphatic heterocycles. The van der Waals surface area contributed by atoms with Gasteiger partial charge >= 0.3 is 0 Å². The Hall–Kier alpha value is -2.76.